The number of benzene rings is 3. The third kappa shape index (κ3) is 8.83. The summed E-state index contributed by atoms with van der Waals surface area (Å²) in [5, 5.41) is 2.98. The fourth-order valence-electron chi connectivity index (χ4n) is 4.06. The molecule has 0 aliphatic heterocycles. The molecular formula is C29H34IN3O4S. The first kappa shape index (κ1) is 29.6. The Hall–Kier alpha value is -2.92. The zero-order chi connectivity index (χ0) is 27.5. The molecule has 202 valence electrons. The van der Waals surface area contributed by atoms with E-state index in [1.807, 2.05) is 67.6 Å². The second-order valence-corrected chi connectivity index (χ2v) is 12.3. The molecular weight excluding hydrogens is 613 g/mol. The van der Waals surface area contributed by atoms with Gasteiger partial charge in [0, 0.05) is 23.1 Å². The Morgan fingerprint density at radius 1 is 0.895 bits per heavy atom. The van der Waals surface area contributed by atoms with Crippen molar-refractivity contribution in [1.82, 2.24) is 10.2 Å². The molecule has 3 aromatic carbocycles. The zero-order valence-electron chi connectivity index (χ0n) is 21.7. The van der Waals surface area contributed by atoms with Gasteiger partial charge in [-0.25, -0.2) is 8.42 Å². The van der Waals surface area contributed by atoms with E-state index in [9.17, 15) is 18.0 Å². The second-order valence-electron chi connectivity index (χ2n) is 9.10. The van der Waals surface area contributed by atoms with Crippen LogP contribution in [-0.4, -0.2) is 50.5 Å². The quantitative estimate of drug-likeness (QED) is 0.217. The fourth-order valence-corrected chi connectivity index (χ4v) is 5.27. The number of hydrogen-bond acceptors (Lipinski definition) is 4. The summed E-state index contributed by atoms with van der Waals surface area (Å²) in [4.78, 5) is 29.0. The first-order valence-electron chi connectivity index (χ1n) is 12.6. The smallest absolute Gasteiger partial charge is 0.244 e. The number of anilines is 1. The maximum Gasteiger partial charge on any atom is 0.244 e. The van der Waals surface area contributed by atoms with E-state index in [2.05, 4.69) is 27.9 Å². The lowest BCUT2D eigenvalue weighted by Crippen LogP contribution is -2.53. The molecule has 9 heteroatoms. The summed E-state index contributed by atoms with van der Waals surface area (Å²) in [6, 6.07) is 25.1. The van der Waals surface area contributed by atoms with Gasteiger partial charge in [-0.3, -0.25) is 13.9 Å². The number of rotatable bonds is 13. The SMILES string of the molecule is CCCCNC(=O)C(Cc1ccccc1)N(Cc1ccccc1)C(=O)CN(c1ccc(I)cc1)S(C)(=O)=O. The van der Waals surface area contributed by atoms with Gasteiger partial charge >= 0.3 is 0 Å². The van der Waals surface area contributed by atoms with E-state index in [4.69, 9.17) is 0 Å². The molecule has 0 fully saturated rings. The van der Waals surface area contributed by atoms with Crippen LogP contribution >= 0.6 is 22.6 Å². The normalized spacial score (nSPS) is 12.0. The highest BCUT2D eigenvalue weighted by atomic mass is 127. The van der Waals surface area contributed by atoms with Gasteiger partial charge in [-0.1, -0.05) is 74.0 Å². The molecule has 0 saturated heterocycles. The van der Waals surface area contributed by atoms with E-state index in [0.29, 0.717) is 18.7 Å². The molecule has 0 aliphatic rings. The summed E-state index contributed by atoms with van der Waals surface area (Å²) in [6.45, 7) is 2.30. The molecule has 1 N–H and O–H groups in total. The zero-order valence-corrected chi connectivity index (χ0v) is 24.7. The van der Waals surface area contributed by atoms with E-state index < -0.39 is 28.5 Å². The third-order valence-electron chi connectivity index (χ3n) is 6.09. The maximum absolute atomic E-state index is 13.9. The first-order chi connectivity index (χ1) is 18.2. The Kier molecular flexibility index (Phi) is 11.1. The summed E-state index contributed by atoms with van der Waals surface area (Å²) in [5.74, 6) is -0.712. The minimum atomic E-state index is -3.77. The van der Waals surface area contributed by atoms with Gasteiger partial charge in [0.25, 0.3) is 0 Å². The van der Waals surface area contributed by atoms with Crippen molar-refractivity contribution >= 4 is 50.1 Å². The van der Waals surface area contributed by atoms with E-state index in [1.165, 1.54) is 4.90 Å². The number of carbonyl (C=O) groups is 2. The minimum absolute atomic E-state index is 0.169. The van der Waals surface area contributed by atoms with Gasteiger partial charge in [-0.15, -0.1) is 0 Å². The van der Waals surface area contributed by atoms with E-state index in [-0.39, 0.29) is 12.5 Å². The number of amides is 2. The van der Waals surface area contributed by atoms with Crippen molar-refractivity contribution in [3.8, 4) is 0 Å². The molecule has 0 aliphatic carbocycles. The van der Waals surface area contributed by atoms with Gasteiger partial charge in [-0.2, -0.15) is 0 Å². The molecule has 0 saturated carbocycles. The molecule has 1 unspecified atom stereocenters. The Bertz CT molecular complexity index is 1290. The number of sulfonamides is 1. The maximum atomic E-state index is 13.9. The summed E-state index contributed by atoms with van der Waals surface area (Å²) in [6.07, 6.45) is 3.14. The molecule has 38 heavy (non-hydrogen) atoms. The standard InChI is InChI=1S/C29H34IN3O4S/c1-3-4-19-31-29(35)27(20-23-11-7-5-8-12-23)32(21-24-13-9-6-10-14-24)28(34)22-33(38(2,36)37)26-17-15-25(30)16-18-26/h5-18,27H,3-4,19-22H2,1-2H3,(H,31,35). The average molecular weight is 648 g/mol. The number of unbranched alkanes of at least 4 members (excludes halogenated alkanes) is 1. The van der Waals surface area contributed by atoms with E-state index in [0.717, 1.165) is 38.1 Å². The molecule has 0 heterocycles. The molecule has 3 aromatic rings. The molecule has 0 aromatic heterocycles. The highest BCUT2D eigenvalue weighted by molar-refractivity contribution is 14.1. The van der Waals surface area contributed by atoms with E-state index >= 15 is 0 Å². The highest BCUT2D eigenvalue weighted by Gasteiger charge is 2.32. The summed E-state index contributed by atoms with van der Waals surface area (Å²) in [7, 11) is -3.77. The molecule has 1 atom stereocenters. The van der Waals surface area contributed by atoms with Crippen LogP contribution in [0, 0.1) is 3.57 Å². The molecule has 3 rings (SSSR count). The van der Waals surface area contributed by atoms with Gasteiger partial charge in [0.2, 0.25) is 21.8 Å². The predicted octanol–water partition coefficient (Wildman–Crippen LogP) is 4.61. The van der Waals surface area contributed by atoms with E-state index in [1.54, 1.807) is 24.3 Å². The Morgan fingerprint density at radius 3 is 2.03 bits per heavy atom. The van der Waals surface area contributed by atoms with Crippen LogP contribution in [-0.2, 0) is 32.6 Å². The molecule has 2 amide bonds. The van der Waals surface area contributed by atoms with Crippen LogP contribution in [0.4, 0.5) is 5.69 Å². The van der Waals surface area contributed by atoms with Crippen LogP contribution in [0.5, 0.6) is 0 Å². The van der Waals surface area contributed by atoms with Gasteiger partial charge in [0.05, 0.1) is 11.9 Å². The second kappa shape index (κ2) is 14.3. The minimum Gasteiger partial charge on any atom is -0.354 e. The largest absolute Gasteiger partial charge is 0.354 e. The topological polar surface area (TPSA) is 86.8 Å². The van der Waals surface area contributed by atoms with Crippen LogP contribution in [0.2, 0.25) is 0 Å². The van der Waals surface area contributed by atoms with Crippen molar-refractivity contribution in [2.24, 2.45) is 0 Å². The van der Waals surface area contributed by atoms with Crippen molar-refractivity contribution in [2.45, 2.75) is 38.8 Å². The van der Waals surface area contributed by atoms with Crippen molar-refractivity contribution < 1.29 is 18.0 Å². The predicted molar refractivity (Wildman–Crippen MR) is 160 cm³/mol. The van der Waals surface area contributed by atoms with Gasteiger partial charge in [0.1, 0.15) is 12.6 Å². The fraction of sp³-hybridized carbons (Fsp3) is 0.310. The lowest BCUT2D eigenvalue weighted by Gasteiger charge is -2.33. The van der Waals surface area contributed by atoms with Crippen LogP contribution in [0.25, 0.3) is 0 Å². The van der Waals surface area contributed by atoms with Crippen LogP contribution < -0.4 is 9.62 Å². The molecule has 0 bridgehead atoms. The van der Waals surface area contributed by atoms with Crippen molar-refractivity contribution in [3.63, 3.8) is 0 Å². The summed E-state index contributed by atoms with van der Waals surface area (Å²) < 4.78 is 27.6. The number of nitrogens with zero attached hydrogens (tertiary/aromatic N) is 2. The van der Waals surface area contributed by atoms with Gasteiger partial charge in [-0.05, 0) is 64.4 Å². The average Bonchev–Trinajstić information content (AvgIpc) is 2.90. The number of halogens is 1. The monoisotopic (exact) mass is 647 g/mol. The van der Waals surface area contributed by atoms with Crippen LogP contribution in [0.3, 0.4) is 0 Å². The van der Waals surface area contributed by atoms with Crippen LogP contribution in [0.15, 0.2) is 84.9 Å². The Balaban J connectivity index is 2.00. The number of carbonyl (C=O) groups excluding carboxylic acids is 2. The summed E-state index contributed by atoms with van der Waals surface area (Å²) in [5.41, 5.74) is 2.15. The first-order valence-corrected chi connectivity index (χ1v) is 15.5. The molecule has 0 radical (unpaired) electrons. The summed E-state index contributed by atoms with van der Waals surface area (Å²) >= 11 is 2.14. The number of nitrogens with one attached hydrogen (secondary N) is 1. The lowest BCUT2D eigenvalue weighted by atomic mass is 10.0. The van der Waals surface area contributed by atoms with Crippen molar-refractivity contribution in [3.05, 3.63) is 99.6 Å². The molecule has 7 nitrogen and oxygen atoms in total. The third-order valence-corrected chi connectivity index (χ3v) is 7.95. The van der Waals surface area contributed by atoms with Crippen molar-refractivity contribution in [1.29, 1.82) is 0 Å². The Labute approximate surface area is 239 Å². The highest BCUT2D eigenvalue weighted by Crippen LogP contribution is 2.21. The lowest BCUT2D eigenvalue weighted by molar-refractivity contribution is -0.140. The van der Waals surface area contributed by atoms with Gasteiger partial charge in [0.15, 0.2) is 0 Å². The van der Waals surface area contributed by atoms with Crippen LogP contribution in [0.1, 0.15) is 30.9 Å². The number of hydrogen-bond donors (Lipinski definition) is 1. The molecule has 0 spiro atoms. The van der Waals surface area contributed by atoms with Crippen molar-refractivity contribution in [2.75, 3.05) is 23.7 Å². The van der Waals surface area contributed by atoms with Gasteiger partial charge < -0.3 is 10.2 Å². The Morgan fingerprint density at radius 2 is 1.47 bits per heavy atom.